The van der Waals surface area contributed by atoms with E-state index in [2.05, 4.69) is 4.98 Å². The van der Waals surface area contributed by atoms with E-state index >= 15 is 0 Å². The van der Waals surface area contributed by atoms with Gasteiger partial charge in [0.25, 0.3) is 0 Å². The van der Waals surface area contributed by atoms with Crippen molar-refractivity contribution in [3.8, 4) is 0 Å². The molecule has 0 bridgehead atoms. The van der Waals surface area contributed by atoms with Crippen LogP contribution in [0.5, 0.6) is 0 Å². The molecule has 2 aromatic carbocycles. The number of nitrogens with zero attached hydrogens (tertiary/aromatic N) is 4. The van der Waals surface area contributed by atoms with Crippen LogP contribution in [0.4, 0.5) is 10.2 Å². The number of aromatic nitrogens is 2. The summed E-state index contributed by atoms with van der Waals surface area (Å²) in [6.07, 6.45) is 0. The van der Waals surface area contributed by atoms with Crippen LogP contribution < -0.4 is 4.90 Å². The first-order valence-electron chi connectivity index (χ1n) is 10.7. The number of esters is 1. The van der Waals surface area contributed by atoms with Crippen molar-refractivity contribution in [2.75, 3.05) is 37.7 Å². The highest BCUT2D eigenvalue weighted by molar-refractivity contribution is 7.89. The number of sulfonamides is 1. The third-order valence-corrected chi connectivity index (χ3v) is 7.63. The Bertz CT molecular complexity index is 1300. The molecule has 8 nitrogen and oxygen atoms in total. The van der Waals surface area contributed by atoms with Gasteiger partial charge in [0.1, 0.15) is 5.82 Å². The second-order valence-corrected chi connectivity index (χ2v) is 9.82. The molecule has 4 rings (SSSR count). The first-order chi connectivity index (χ1) is 15.7. The second-order valence-electron chi connectivity index (χ2n) is 7.89. The van der Waals surface area contributed by atoms with Gasteiger partial charge < -0.3 is 9.64 Å². The lowest BCUT2D eigenvalue weighted by atomic mass is 10.1. The largest absolute Gasteiger partial charge is 0.461 e. The van der Waals surface area contributed by atoms with E-state index in [4.69, 9.17) is 9.72 Å². The van der Waals surface area contributed by atoms with Gasteiger partial charge in [-0.25, -0.2) is 27.6 Å². The maximum Gasteiger partial charge on any atom is 0.360 e. The molecule has 2 heterocycles. The highest BCUT2D eigenvalue weighted by atomic mass is 32.2. The predicted molar refractivity (Wildman–Crippen MR) is 122 cm³/mol. The van der Waals surface area contributed by atoms with Crippen LogP contribution in [0, 0.1) is 19.7 Å². The Hall–Kier alpha value is -3.11. The zero-order valence-corrected chi connectivity index (χ0v) is 19.5. The molecule has 1 saturated heterocycles. The monoisotopic (exact) mass is 472 g/mol. The molecule has 0 spiro atoms. The predicted octanol–water partition coefficient (Wildman–Crippen LogP) is 3.07. The van der Waals surface area contributed by atoms with Crippen LogP contribution in [0.1, 0.15) is 28.5 Å². The van der Waals surface area contributed by atoms with Crippen LogP contribution >= 0.6 is 0 Å². The Morgan fingerprint density at radius 3 is 2.15 bits per heavy atom. The second kappa shape index (κ2) is 9.03. The van der Waals surface area contributed by atoms with Gasteiger partial charge in [0, 0.05) is 26.2 Å². The van der Waals surface area contributed by atoms with E-state index in [0.717, 1.165) is 23.3 Å². The van der Waals surface area contributed by atoms with Crippen LogP contribution in [-0.4, -0.2) is 61.4 Å². The van der Waals surface area contributed by atoms with E-state index in [1.54, 1.807) is 6.92 Å². The highest BCUT2D eigenvalue weighted by Crippen LogP contribution is 2.26. The molecule has 3 aromatic rings. The molecular weight excluding hydrogens is 447 g/mol. The average molecular weight is 473 g/mol. The van der Waals surface area contributed by atoms with Crippen molar-refractivity contribution in [2.24, 2.45) is 0 Å². The Morgan fingerprint density at radius 1 is 1.00 bits per heavy atom. The van der Waals surface area contributed by atoms with Gasteiger partial charge in [-0.3, -0.25) is 0 Å². The molecule has 0 saturated carbocycles. The molecular formula is C23H25FN4O4S. The Labute approximate surface area is 192 Å². The summed E-state index contributed by atoms with van der Waals surface area (Å²) in [5.41, 5.74) is 3.47. The van der Waals surface area contributed by atoms with Crippen molar-refractivity contribution < 1.29 is 22.3 Å². The quantitative estimate of drug-likeness (QED) is 0.527. The first-order valence-corrected chi connectivity index (χ1v) is 12.1. The molecule has 0 unspecified atom stereocenters. The summed E-state index contributed by atoms with van der Waals surface area (Å²) in [5, 5.41) is 0. The molecule has 1 aliphatic rings. The lowest BCUT2D eigenvalue weighted by molar-refractivity contribution is 0.0520. The Balaban J connectivity index is 1.64. The van der Waals surface area contributed by atoms with Crippen LogP contribution in [-0.2, 0) is 14.8 Å². The zero-order chi connectivity index (χ0) is 23.8. The summed E-state index contributed by atoms with van der Waals surface area (Å²) in [5.74, 6) is -0.685. The Morgan fingerprint density at radius 2 is 1.58 bits per heavy atom. The van der Waals surface area contributed by atoms with Crippen LogP contribution in [0.25, 0.3) is 11.0 Å². The summed E-state index contributed by atoms with van der Waals surface area (Å²) in [7, 11) is -3.75. The minimum Gasteiger partial charge on any atom is -0.461 e. The number of ether oxygens (including phenoxy) is 1. The number of carbonyl (C=O) groups is 1. The van der Waals surface area contributed by atoms with Gasteiger partial charge in [0.2, 0.25) is 10.0 Å². The molecule has 0 N–H and O–H groups in total. The van der Waals surface area contributed by atoms with Crippen molar-refractivity contribution in [1.82, 2.24) is 14.3 Å². The fourth-order valence-electron chi connectivity index (χ4n) is 3.76. The minimum absolute atomic E-state index is 0.0425. The molecule has 33 heavy (non-hydrogen) atoms. The molecule has 0 aliphatic carbocycles. The third-order valence-electron chi connectivity index (χ3n) is 5.72. The smallest absolute Gasteiger partial charge is 0.360 e. The molecule has 1 aromatic heterocycles. The fraction of sp³-hybridized carbons (Fsp3) is 0.348. The van der Waals surface area contributed by atoms with Gasteiger partial charge in [-0.05, 0) is 68.3 Å². The van der Waals surface area contributed by atoms with Gasteiger partial charge in [-0.15, -0.1) is 0 Å². The summed E-state index contributed by atoms with van der Waals surface area (Å²) in [6.45, 7) is 6.88. The normalized spacial score (nSPS) is 15.1. The number of piperazine rings is 1. The van der Waals surface area contributed by atoms with Crippen LogP contribution in [0.3, 0.4) is 0 Å². The first kappa shape index (κ1) is 23.1. The number of halogens is 1. The van der Waals surface area contributed by atoms with E-state index in [1.807, 2.05) is 30.9 Å². The molecule has 0 radical (unpaired) electrons. The molecule has 0 atom stereocenters. The fourth-order valence-corrected chi connectivity index (χ4v) is 5.18. The van der Waals surface area contributed by atoms with E-state index in [-0.39, 0.29) is 30.3 Å². The number of rotatable bonds is 5. The van der Waals surface area contributed by atoms with E-state index in [1.165, 1.54) is 16.4 Å². The van der Waals surface area contributed by atoms with E-state index in [9.17, 15) is 17.6 Å². The zero-order valence-electron chi connectivity index (χ0n) is 18.7. The topological polar surface area (TPSA) is 92.7 Å². The standard InChI is InChI=1S/C23H25FN4O4S/c1-4-32-23(29)21-22(26-20-14-16(3)15(2)13-19(20)25-21)27-9-11-28(12-10-27)33(30,31)18-7-5-17(24)6-8-18/h5-8,13-14H,4,9-12H2,1-3H3. The number of aryl methyl sites for hydroxylation is 2. The van der Waals surface area contributed by atoms with Gasteiger partial charge in [0.05, 0.1) is 22.5 Å². The van der Waals surface area contributed by atoms with Gasteiger partial charge in [-0.2, -0.15) is 4.31 Å². The lowest BCUT2D eigenvalue weighted by Gasteiger charge is -2.35. The lowest BCUT2D eigenvalue weighted by Crippen LogP contribution is -2.49. The van der Waals surface area contributed by atoms with Gasteiger partial charge in [0.15, 0.2) is 11.5 Å². The summed E-state index contributed by atoms with van der Waals surface area (Å²) < 4.78 is 45.6. The number of carbonyl (C=O) groups excluding carboxylic acids is 1. The number of benzene rings is 2. The number of anilines is 1. The molecule has 174 valence electrons. The van der Waals surface area contributed by atoms with Gasteiger partial charge >= 0.3 is 5.97 Å². The highest BCUT2D eigenvalue weighted by Gasteiger charge is 2.31. The van der Waals surface area contributed by atoms with Crippen molar-refractivity contribution in [3.63, 3.8) is 0 Å². The van der Waals surface area contributed by atoms with Crippen molar-refractivity contribution in [1.29, 1.82) is 0 Å². The summed E-state index contributed by atoms with van der Waals surface area (Å²) in [6, 6.07) is 8.58. The molecule has 10 heteroatoms. The summed E-state index contributed by atoms with van der Waals surface area (Å²) in [4.78, 5) is 23.8. The van der Waals surface area contributed by atoms with E-state index in [0.29, 0.717) is 29.9 Å². The summed E-state index contributed by atoms with van der Waals surface area (Å²) >= 11 is 0. The molecule has 0 amide bonds. The SMILES string of the molecule is CCOC(=O)c1nc2cc(C)c(C)cc2nc1N1CCN(S(=O)(=O)c2ccc(F)cc2)CC1. The van der Waals surface area contributed by atoms with Crippen LogP contribution in [0.15, 0.2) is 41.3 Å². The number of hydrogen-bond donors (Lipinski definition) is 0. The Kier molecular flexibility index (Phi) is 6.31. The van der Waals surface area contributed by atoms with Crippen LogP contribution in [0.2, 0.25) is 0 Å². The van der Waals surface area contributed by atoms with Crippen molar-refractivity contribution in [3.05, 3.63) is 59.0 Å². The van der Waals surface area contributed by atoms with E-state index < -0.39 is 21.8 Å². The maximum atomic E-state index is 13.2. The maximum absolute atomic E-state index is 13.2. The van der Waals surface area contributed by atoms with Crippen molar-refractivity contribution >= 4 is 32.8 Å². The minimum atomic E-state index is -3.75. The molecule has 1 aliphatic heterocycles. The average Bonchev–Trinajstić information content (AvgIpc) is 2.80. The third kappa shape index (κ3) is 4.53. The number of fused-ring (bicyclic) bond motifs is 1. The number of hydrogen-bond acceptors (Lipinski definition) is 7. The van der Waals surface area contributed by atoms with Gasteiger partial charge in [-0.1, -0.05) is 0 Å². The molecule has 1 fully saturated rings. The van der Waals surface area contributed by atoms with Crippen molar-refractivity contribution in [2.45, 2.75) is 25.7 Å².